The minimum Gasteiger partial charge on any atom is -0.352 e. The number of benzene rings is 2. The van der Waals surface area contributed by atoms with E-state index in [-0.39, 0.29) is 27.2 Å². The molecule has 0 fully saturated rings. The van der Waals surface area contributed by atoms with E-state index in [2.05, 4.69) is 71.3 Å². The van der Waals surface area contributed by atoms with Gasteiger partial charge in [0.25, 0.3) is 0 Å². The summed E-state index contributed by atoms with van der Waals surface area (Å²) in [5.41, 5.74) is 4.07. The Kier molecular flexibility index (Phi) is 12.8. The SMILES string of the molecule is CCN1CN(Cc2ccccc2)c2ccccc21.F.F.F.F.[B]. The Morgan fingerprint density at radius 1 is 0.739 bits per heavy atom. The number of anilines is 2. The van der Waals surface area contributed by atoms with E-state index < -0.39 is 0 Å². The van der Waals surface area contributed by atoms with E-state index >= 15 is 0 Å². The average molecular weight is 329 g/mol. The Morgan fingerprint density at radius 3 is 1.74 bits per heavy atom. The predicted molar refractivity (Wildman–Crippen MR) is 92.7 cm³/mol. The first-order valence-electron chi connectivity index (χ1n) is 6.51. The number of para-hydroxylation sites is 2. The third kappa shape index (κ3) is 5.19. The largest absolute Gasteiger partial charge is 0.352 e. The number of nitrogens with zero attached hydrogens (tertiary/aromatic N) is 2. The zero-order chi connectivity index (χ0) is 12.4. The summed E-state index contributed by atoms with van der Waals surface area (Å²) in [6.45, 7) is 5.24. The summed E-state index contributed by atoms with van der Waals surface area (Å²) < 4.78 is 0. The standard InChI is InChI=1S/C16H18N2.B.4FH/c1-2-17-13-18(12-14-8-4-3-5-9-14)16-11-7-6-10-15(16)17;;;;;/h3-11H,2,12-13H2,1H3;;4*1H. The molecule has 2 aromatic rings. The maximum absolute atomic E-state index is 2.44. The third-order valence-corrected chi connectivity index (χ3v) is 3.50. The highest BCUT2D eigenvalue weighted by Crippen LogP contribution is 2.36. The van der Waals surface area contributed by atoms with Gasteiger partial charge in [-0.25, -0.2) is 0 Å². The summed E-state index contributed by atoms with van der Waals surface area (Å²) in [5.74, 6) is 0. The lowest BCUT2D eigenvalue weighted by Crippen LogP contribution is -2.30. The summed E-state index contributed by atoms with van der Waals surface area (Å²) in [6.07, 6.45) is 0. The maximum atomic E-state index is 2.44. The van der Waals surface area contributed by atoms with E-state index in [1.165, 1.54) is 16.9 Å². The lowest BCUT2D eigenvalue weighted by molar-refractivity contribution is 0.781. The van der Waals surface area contributed by atoms with Gasteiger partial charge in [0.15, 0.2) is 0 Å². The van der Waals surface area contributed by atoms with Crippen molar-refractivity contribution in [3.8, 4) is 0 Å². The number of rotatable bonds is 3. The van der Waals surface area contributed by atoms with Gasteiger partial charge in [0.1, 0.15) is 0 Å². The third-order valence-electron chi connectivity index (χ3n) is 3.50. The van der Waals surface area contributed by atoms with Gasteiger partial charge < -0.3 is 9.80 Å². The summed E-state index contributed by atoms with van der Waals surface area (Å²) in [7, 11) is 0. The zero-order valence-corrected chi connectivity index (χ0v) is 12.9. The van der Waals surface area contributed by atoms with Gasteiger partial charge in [-0.3, -0.25) is 18.8 Å². The molecule has 127 valence electrons. The molecule has 2 nitrogen and oxygen atoms in total. The summed E-state index contributed by atoms with van der Waals surface area (Å²) in [5, 5.41) is 0. The van der Waals surface area contributed by atoms with E-state index in [4.69, 9.17) is 0 Å². The van der Waals surface area contributed by atoms with E-state index in [0.29, 0.717) is 0 Å². The molecule has 0 aromatic heterocycles. The van der Waals surface area contributed by atoms with Gasteiger partial charge in [-0.15, -0.1) is 0 Å². The molecule has 23 heavy (non-hydrogen) atoms. The van der Waals surface area contributed by atoms with Crippen LogP contribution in [0.15, 0.2) is 54.6 Å². The number of halogens is 4. The minimum atomic E-state index is 0. The average Bonchev–Trinajstić information content (AvgIpc) is 2.78. The van der Waals surface area contributed by atoms with Crippen LogP contribution in [0.25, 0.3) is 0 Å². The molecule has 3 radical (unpaired) electrons. The van der Waals surface area contributed by atoms with Crippen molar-refractivity contribution in [2.75, 3.05) is 23.0 Å². The van der Waals surface area contributed by atoms with Crippen LogP contribution in [-0.2, 0) is 6.54 Å². The van der Waals surface area contributed by atoms with Gasteiger partial charge in [-0.1, -0.05) is 42.5 Å². The van der Waals surface area contributed by atoms with Crippen molar-refractivity contribution in [2.45, 2.75) is 13.5 Å². The summed E-state index contributed by atoms with van der Waals surface area (Å²) in [4.78, 5) is 4.85. The highest BCUT2D eigenvalue weighted by Gasteiger charge is 2.23. The van der Waals surface area contributed by atoms with Gasteiger partial charge in [0.2, 0.25) is 0 Å². The fourth-order valence-corrected chi connectivity index (χ4v) is 2.57. The second-order valence-corrected chi connectivity index (χ2v) is 4.67. The van der Waals surface area contributed by atoms with E-state index in [1.807, 2.05) is 0 Å². The highest BCUT2D eigenvalue weighted by molar-refractivity contribution is 5.76. The van der Waals surface area contributed by atoms with Gasteiger partial charge in [-0.2, -0.15) is 0 Å². The fourth-order valence-electron chi connectivity index (χ4n) is 2.57. The molecule has 0 unspecified atom stereocenters. The molecule has 0 amide bonds. The van der Waals surface area contributed by atoms with Crippen molar-refractivity contribution < 1.29 is 18.8 Å². The molecule has 1 heterocycles. The highest BCUT2D eigenvalue weighted by atomic mass is 19.0. The molecule has 3 rings (SSSR count). The molecule has 7 heteroatoms. The molecular formula is C16H22BF4N2. The van der Waals surface area contributed by atoms with Gasteiger partial charge in [0.05, 0.1) is 18.0 Å². The second-order valence-electron chi connectivity index (χ2n) is 4.67. The molecule has 0 bridgehead atoms. The van der Waals surface area contributed by atoms with Crippen molar-refractivity contribution in [3.63, 3.8) is 0 Å². The molecule has 0 N–H and O–H groups in total. The van der Waals surface area contributed by atoms with Crippen LogP contribution in [-0.4, -0.2) is 21.6 Å². The van der Waals surface area contributed by atoms with Crippen molar-refractivity contribution in [3.05, 3.63) is 60.2 Å². The first-order chi connectivity index (χ1) is 8.88. The van der Waals surface area contributed by atoms with E-state index in [9.17, 15) is 0 Å². The topological polar surface area (TPSA) is 6.48 Å². The minimum absolute atomic E-state index is 0. The Balaban J connectivity index is -0.000000800. The lowest BCUT2D eigenvalue weighted by Gasteiger charge is -2.20. The fraction of sp³-hybridized carbons (Fsp3) is 0.250. The molecule has 0 atom stereocenters. The molecule has 0 saturated heterocycles. The Hall–Kier alpha value is -2.18. The lowest BCUT2D eigenvalue weighted by atomic mass is 10.2. The van der Waals surface area contributed by atoms with Crippen molar-refractivity contribution in [1.82, 2.24) is 0 Å². The van der Waals surface area contributed by atoms with Crippen LogP contribution in [0.2, 0.25) is 0 Å². The Bertz CT molecular complexity index is 543. The zero-order valence-electron chi connectivity index (χ0n) is 12.9. The second kappa shape index (κ2) is 11.4. The van der Waals surface area contributed by atoms with E-state index in [0.717, 1.165) is 19.8 Å². The molecule has 1 aliphatic rings. The summed E-state index contributed by atoms with van der Waals surface area (Å²) >= 11 is 0. The summed E-state index contributed by atoms with van der Waals surface area (Å²) in [6, 6.07) is 19.3. The van der Waals surface area contributed by atoms with Crippen LogP contribution < -0.4 is 9.80 Å². The maximum Gasteiger partial charge on any atom is 0.0907 e. The van der Waals surface area contributed by atoms with Crippen LogP contribution in [0.4, 0.5) is 30.2 Å². The first-order valence-corrected chi connectivity index (χ1v) is 6.51. The van der Waals surface area contributed by atoms with Gasteiger partial charge in [-0.05, 0) is 24.6 Å². The number of hydrogen-bond donors (Lipinski definition) is 0. The quantitative estimate of drug-likeness (QED) is 0.626. The van der Waals surface area contributed by atoms with Crippen LogP contribution in [0.3, 0.4) is 0 Å². The van der Waals surface area contributed by atoms with E-state index in [1.54, 1.807) is 0 Å². The number of fused-ring (bicyclic) bond motifs is 1. The van der Waals surface area contributed by atoms with Crippen molar-refractivity contribution >= 4 is 19.8 Å². The van der Waals surface area contributed by atoms with Gasteiger partial charge in [0, 0.05) is 21.5 Å². The molecule has 0 spiro atoms. The molecular weight excluding hydrogens is 307 g/mol. The smallest absolute Gasteiger partial charge is 0.0907 e. The van der Waals surface area contributed by atoms with Crippen molar-refractivity contribution in [1.29, 1.82) is 0 Å². The molecule has 0 saturated carbocycles. The first kappa shape index (κ1) is 25.8. The molecule has 1 aliphatic heterocycles. The Labute approximate surface area is 136 Å². The van der Waals surface area contributed by atoms with Crippen LogP contribution in [0.1, 0.15) is 12.5 Å². The van der Waals surface area contributed by atoms with Crippen LogP contribution in [0, 0.1) is 0 Å². The predicted octanol–water partition coefficient (Wildman–Crippen LogP) is 3.72. The normalized spacial score (nSPS) is 10.8. The Morgan fingerprint density at radius 2 is 1.22 bits per heavy atom. The number of hydrogen-bond acceptors (Lipinski definition) is 2. The molecule has 0 aliphatic carbocycles. The van der Waals surface area contributed by atoms with Crippen LogP contribution in [0.5, 0.6) is 0 Å². The van der Waals surface area contributed by atoms with Crippen LogP contribution >= 0.6 is 0 Å². The monoisotopic (exact) mass is 329 g/mol. The van der Waals surface area contributed by atoms with Crippen molar-refractivity contribution in [2.24, 2.45) is 0 Å². The molecule has 2 aromatic carbocycles. The van der Waals surface area contributed by atoms with Gasteiger partial charge >= 0.3 is 0 Å².